The molecule has 0 N–H and O–H groups in total. The molecule has 1 rings (SSSR count). The van der Waals surface area contributed by atoms with Crippen LogP contribution in [0, 0.1) is 0 Å². The Bertz CT molecular complexity index is 313. The van der Waals surface area contributed by atoms with Crippen molar-refractivity contribution in [3.05, 3.63) is 35.9 Å². The quantitative estimate of drug-likeness (QED) is 0.592. The third-order valence-corrected chi connectivity index (χ3v) is 2.86. The van der Waals surface area contributed by atoms with Crippen LogP contribution < -0.4 is 0 Å². The lowest BCUT2D eigenvalue weighted by Gasteiger charge is -2.15. The number of amides is 1. The molecule has 0 aliphatic heterocycles. The SMILES string of the molecule is CCCCCCN(S)C(=O)c1ccccc1. The fraction of sp³-hybridized carbons (Fsp3) is 0.462. The summed E-state index contributed by atoms with van der Waals surface area (Å²) in [6.07, 6.45) is 4.62. The maximum atomic E-state index is 11.9. The van der Waals surface area contributed by atoms with Crippen molar-refractivity contribution in [1.29, 1.82) is 0 Å². The Kier molecular flexibility index (Phi) is 6.01. The standard InChI is InChI=1S/C13H19NOS/c1-2-3-4-8-11-14(16)13(15)12-9-6-5-7-10-12/h5-7,9-10,16H,2-4,8,11H2,1H3. The minimum Gasteiger partial charge on any atom is -0.285 e. The van der Waals surface area contributed by atoms with E-state index in [0.29, 0.717) is 5.56 Å². The van der Waals surface area contributed by atoms with Gasteiger partial charge in [0.1, 0.15) is 0 Å². The number of hydrogen-bond donors (Lipinski definition) is 1. The molecule has 1 aromatic carbocycles. The second kappa shape index (κ2) is 7.34. The van der Waals surface area contributed by atoms with E-state index >= 15 is 0 Å². The molecule has 0 atom stereocenters. The maximum Gasteiger partial charge on any atom is 0.263 e. The molecular weight excluding hydrogens is 218 g/mol. The van der Waals surface area contributed by atoms with E-state index in [1.165, 1.54) is 17.1 Å². The second-order valence-corrected chi connectivity index (χ2v) is 4.34. The van der Waals surface area contributed by atoms with Gasteiger partial charge < -0.3 is 0 Å². The zero-order chi connectivity index (χ0) is 11.8. The van der Waals surface area contributed by atoms with Crippen molar-refractivity contribution in [1.82, 2.24) is 4.31 Å². The Morgan fingerprint density at radius 3 is 2.50 bits per heavy atom. The van der Waals surface area contributed by atoms with Crippen LogP contribution in [0.15, 0.2) is 30.3 Å². The highest BCUT2D eigenvalue weighted by molar-refractivity contribution is 7.78. The van der Waals surface area contributed by atoms with Crippen LogP contribution in [0.1, 0.15) is 43.0 Å². The average Bonchev–Trinajstić information content (AvgIpc) is 2.34. The molecule has 1 amide bonds. The first-order chi connectivity index (χ1) is 7.75. The van der Waals surface area contributed by atoms with Crippen LogP contribution >= 0.6 is 12.8 Å². The molecule has 0 spiro atoms. The summed E-state index contributed by atoms with van der Waals surface area (Å²) < 4.78 is 1.50. The van der Waals surface area contributed by atoms with Crippen LogP contribution in [0.2, 0.25) is 0 Å². The number of unbranched alkanes of at least 4 members (excludes halogenated alkanes) is 3. The molecule has 0 aromatic heterocycles. The summed E-state index contributed by atoms with van der Waals surface area (Å²) in [6, 6.07) is 9.27. The van der Waals surface area contributed by atoms with Crippen molar-refractivity contribution in [3.63, 3.8) is 0 Å². The molecule has 0 heterocycles. The number of benzene rings is 1. The van der Waals surface area contributed by atoms with Gasteiger partial charge in [-0.15, -0.1) is 0 Å². The summed E-state index contributed by atoms with van der Waals surface area (Å²) >= 11 is 4.22. The normalized spacial score (nSPS) is 10.1. The first-order valence-electron chi connectivity index (χ1n) is 5.81. The lowest BCUT2D eigenvalue weighted by atomic mass is 10.2. The van der Waals surface area contributed by atoms with E-state index in [1.54, 1.807) is 0 Å². The van der Waals surface area contributed by atoms with E-state index in [-0.39, 0.29) is 5.91 Å². The van der Waals surface area contributed by atoms with Crippen molar-refractivity contribution in [2.75, 3.05) is 6.54 Å². The molecule has 0 aliphatic rings. The van der Waals surface area contributed by atoms with Crippen molar-refractivity contribution < 1.29 is 4.79 Å². The fourth-order valence-corrected chi connectivity index (χ4v) is 1.78. The van der Waals surface area contributed by atoms with Crippen molar-refractivity contribution in [3.8, 4) is 0 Å². The summed E-state index contributed by atoms with van der Waals surface area (Å²) in [5.41, 5.74) is 0.702. The van der Waals surface area contributed by atoms with E-state index in [0.717, 1.165) is 19.4 Å². The topological polar surface area (TPSA) is 20.3 Å². The summed E-state index contributed by atoms with van der Waals surface area (Å²) in [6.45, 7) is 2.89. The van der Waals surface area contributed by atoms with Gasteiger partial charge in [0.05, 0.1) is 0 Å². The van der Waals surface area contributed by atoms with E-state index in [1.807, 2.05) is 30.3 Å². The minimum atomic E-state index is -0.0135. The summed E-state index contributed by atoms with van der Waals surface area (Å²) in [7, 11) is 0. The Morgan fingerprint density at radius 2 is 1.88 bits per heavy atom. The van der Waals surface area contributed by atoms with Crippen molar-refractivity contribution >= 4 is 18.7 Å². The predicted octanol–water partition coefficient (Wildman–Crippen LogP) is 3.55. The fourth-order valence-electron chi connectivity index (χ4n) is 1.52. The van der Waals surface area contributed by atoms with Gasteiger partial charge in [0, 0.05) is 12.1 Å². The first-order valence-corrected chi connectivity index (χ1v) is 6.21. The second-order valence-electron chi connectivity index (χ2n) is 3.85. The number of hydrogen-bond acceptors (Lipinski definition) is 2. The molecule has 0 radical (unpaired) electrons. The lowest BCUT2D eigenvalue weighted by Crippen LogP contribution is -2.22. The Morgan fingerprint density at radius 1 is 1.19 bits per heavy atom. The molecule has 3 heteroatoms. The van der Waals surface area contributed by atoms with Gasteiger partial charge in [0.25, 0.3) is 5.91 Å². The monoisotopic (exact) mass is 237 g/mol. The molecule has 0 saturated heterocycles. The molecule has 0 bridgehead atoms. The van der Waals surface area contributed by atoms with Gasteiger partial charge in [0.15, 0.2) is 0 Å². The highest BCUT2D eigenvalue weighted by Gasteiger charge is 2.10. The van der Waals surface area contributed by atoms with E-state index < -0.39 is 0 Å². The molecule has 2 nitrogen and oxygen atoms in total. The maximum absolute atomic E-state index is 11.9. The van der Waals surface area contributed by atoms with Crippen LogP contribution in [0.5, 0.6) is 0 Å². The van der Waals surface area contributed by atoms with Gasteiger partial charge in [-0.05, 0) is 18.6 Å². The highest BCUT2D eigenvalue weighted by Crippen LogP contribution is 2.09. The van der Waals surface area contributed by atoms with Crippen LogP contribution in [0.25, 0.3) is 0 Å². The molecule has 0 saturated carbocycles. The van der Waals surface area contributed by atoms with Gasteiger partial charge in [-0.25, -0.2) is 0 Å². The van der Waals surface area contributed by atoms with Crippen LogP contribution in [0.4, 0.5) is 0 Å². The molecular formula is C13H19NOS. The molecule has 0 fully saturated rings. The zero-order valence-electron chi connectivity index (χ0n) is 9.72. The smallest absolute Gasteiger partial charge is 0.263 e. The molecule has 16 heavy (non-hydrogen) atoms. The van der Waals surface area contributed by atoms with Crippen molar-refractivity contribution in [2.45, 2.75) is 32.6 Å². The Balaban J connectivity index is 2.37. The summed E-state index contributed by atoms with van der Waals surface area (Å²) in [4.78, 5) is 11.9. The first kappa shape index (κ1) is 13.1. The predicted molar refractivity (Wildman–Crippen MR) is 70.6 cm³/mol. The number of carbonyl (C=O) groups excluding carboxylic acids is 1. The van der Waals surface area contributed by atoms with Crippen molar-refractivity contribution in [2.24, 2.45) is 0 Å². The Hall–Kier alpha value is -0.960. The largest absolute Gasteiger partial charge is 0.285 e. The van der Waals surface area contributed by atoms with E-state index in [9.17, 15) is 4.79 Å². The molecule has 1 aromatic rings. The van der Waals surface area contributed by atoms with Crippen LogP contribution in [-0.4, -0.2) is 16.8 Å². The number of nitrogens with zero attached hydrogens (tertiary/aromatic N) is 1. The van der Waals surface area contributed by atoms with Gasteiger partial charge in [0.2, 0.25) is 0 Å². The third-order valence-electron chi connectivity index (χ3n) is 2.48. The van der Waals surface area contributed by atoms with Gasteiger partial charge in [-0.3, -0.25) is 9.10 Å². The van der Waals surface area contributed by atoms with Crippen LogP contribution in [0.3, 0.4) is 0 Å². The average molecular weight is 237 g/mol. The Labute approximate surface area is 103 Å². The summed E-state index contributed by atoms with van der Waals surface area (Å²) in [5.74, 6) is -0.0135. The zero-order valence-corrected chi connectivity index (χ0v) is 10.6. The number of thiol groups is 1. The van der Waals surface area contributed by atoms with Crippen LogP contribution in [-0.2, 0) is 0 Å². The lowest BCUT2D eigenvalue weighted by molar-refractivity contribution is 0.0872. The number of rotatable bonds is 6. The minimum absolute atomic E-state index is 0.0135. The number of carbonyl (C=O) groups is 1. The highest BCUT2D eigenvalue weighted by atomic mass is 32.1. The van der Waals surface area contributed by atoms with E-state index in [2.05, 4.69) is 19.7 Å². The summed E-state index contributed by atoms with van der Waals surface area (Å²) in [5, 5.41) is 0. The molecule has 88 valence electrons. The van der Waals surface area contributed by atoms with Gasteiger partial charge in [-0.2, -0.15) is 0 Å². The molecule has 0 unspecified atom stereocenters. The third kappa shape index (κ3) is 4.27. The van der Waals surface area contributed by atoms with Gasteiger partial charge >= 0.3 is 0 Å². The van der Waals surface area contributed by atoms with Gasteiger partial charge in [-0.1, -0.05) is 57.2 Å². The van der Waals surface area contributed by atoms with E-state index in [4.69, 9.17) is 0 Å². The molecule has 0 aliphatic carbocycles.